The average Bonchev–Trinajstić information content (AvgIpc) is 2.99. The van der Waals surface area contributed by atoms with Gasteiger partial charge in [0.2, 0.25) is 0 Å². The van der Waals surface area contributed by atoms with Gasteiger partial charge in [-0.1, -0.05) is 32.9 Å². The molecule has 25 heavy (non-hydrogen) atoms. The third kappa shape index (κ3) is 3.48. The average molecular weight is 342 g/mol. The van der Waals surface area contributed by atoms with E-state index in [1.807, 2.05) is 17.8 Å². The van der Waals surface area contributed by atoms with Crippen molar-refractivity contribution in [3.05, 3.63) is 36.5 Å². The van der Waals surface area contributed by atoms with E-state index in [2.05, 4.69) is 55.0 Å². The number of piperazine rings is 1. The molecule has 0 bridgehead atoms. The number of aromatic nitrogens is 2. The van der Waals surface area contributed by atoms with Crippen molar-refractivity contribution in [3.63, 3.8) is 0 Å². The summed E-state index contributed by atoms with van der Waals surface area (Å²) in [7, 11) is 1.93. The van der Waals surface area contributed by atoms with Crippen LogP contribution in [0, 0.1) is 5.41 Å². The summed E-state index contributed by atoms with van der Waals surface area (Å²) in [6, 6.07) is 10.4. The van der Waals surface area contributed by atoms with Crippen molar-refractivity contribution in [1.29, 1.82) is 0 Å². The van der Waals surface area contributed by atoms with E-state index >= 15 is 0 Å². The van der Waals surface area contributed by atoms with Crippen LogP contribution < -0.4 is 4.90 Å². The van der Waals surface area contributed by atoms with E-state index in [1.54, 1.807) is 11.1 Å². The molecule has 1 amide bonds. The zero-order chi connectivity index (χ0) is 18.2. The zero-order valence-electron chi connectivity index (χ0n) is 15.3. The number of benzene rings is 1. The van der Waals surface area contributed by atoms with Gasteiger partial charge in [0.15, 0.2) is 0 Å². The van der Waals surface area contributed by atoms with Crippen molar-refractivity contribution in [2.45, 2.75) is 26.8 Å². The van der Waals surface area contributed by atoms with Crippen LogP contribution in [0.25, 0.3) is 11.3 Å². The highest BCUT2D eigenvalue weighted by Gasteiger charge is 2.38. The van der Waals surface area contributed by atoms with Crippen LogP contribution >= 0.6 is 0 Å². The third-order valence-corrected chi connectivity index (χ3v) is 4.97. The molecule has 134 valence electrons. The molecule has 2 heterocycles. The minimum Gasteiger partial charge on any atom is -0.465 e. The summed E-state index contributed by atoms with van der Waals surface area (Å²) < 4.78 is 1.86. The molecule has 0 radical (unpaired) electrons. The number of hydrogen-bond acceptors (Lipinski definition) is 3. The Bertz CT molecular complexity index is 746. The number of carboxylic acid groups (broad SMARTS) is 1. The molecule has 1 aliphatic heterocycles. The Labute approximate surface area is 148 Å². The van der Waals surface area contributed by atoms with Crippen LogP contribution in [0.3, 0.4) is 0 Å². The Balaban J connectivity index is 1.80. The first-order valence-corrected chi connectivity index (χ1v) is 8.60. The Morgan fingerprint density at radius 1 is 1.16 bits per heavy atom. The van der Waals surface area contributed by atoms with E-state index in [-0.39, 0.29) is 11.5 Å². The van der Waals surface area contributed by atoms with Crippen molar-refractivity contribution in [3.8, 4) is 11.3 Å². The van der Waals surface area contributed by atoms with Crippen molar-refractivity contribution < 1.29 is 9.90 Å². The minimum absolute atomic E-state index is 0.0319. The Kier molecular flexibility index (Phi) is 4.45. The quantitative estimate of drug-likeness (QED) is 0.910. The summed E-state index contributed by atoms with van der Waals surface area (Å²) >= 11 is 0. The molecule has 0 saturated carbocycles. The van der Waals surface area contributed by atoms with Crippen LogP contribution in [0.5, 0.6) is 0 Å². The molecule has 1 aromatic heterocycles. The second-order valence-electron chi connectivity index (χ2n) is 7.69. The predicted octanol–water partition coefficient (Wildman–Crippen LogP) is 3.30. The molecule has 1 atom stereocenters. The molecule has 1 N–H and O–H groups in total. The number of nitrogens with zero attached hydrogens (tertiary/aromatic N) is 4. The predicted molar refractivity (Wildman–Crippen MR) is 98.8 cm³/mol. The number of hydrogen-bond donors (Lipinski definition) is 1. The summed E-state index contributed by atoms with van der Waals surface area (Å²) in [5.74, 6) is 0. The molecule has 1 fully saturated rings. The van der Waals surface area contributed by atoms with Gasteiger partial charge < -0.3 is 14.9 Å². The second-order valence-corrected chi connectivity index (χ2v) is 7.69. The molecule has 3 rings (SSSR count). The van der Waals surface area contributed by atoms with Gasteiger partial charge in [0.05, 0.1) is 11.7 Å². The van der Waals surface area contributed by atoms with Crippen molar-refractivity contribution in [1.82, 2.24) is 14.7 Å². The summed E-state index contributed by atoms with van der Waals surface area (Å²) in [5, 5.41) is 13.7. The third-order valence-electron chi connectivity index (χ3n) is 4.97. The van der Waals surface area contributed by atoms with Crippen LogP contribution in [-0.4, -0.2) is 51.6 Å². The fourth-order valence-electron chi connectivity index (χ4n) is 3.49. The van der Waals surface area contributed by atoms with E-state index < -0.39 is 6.09 Å². The molecule has 1 aliphatic rings. The van der Waals surface area contributed by atoms with Crippen molar-refractivity contribution in [2.75, 3.05) is 24.5 Å². The Hall–Kier alpha value is -2.50. The monoisotopic (exact) mass is 342 g/mol. The molecule has 2 aromatic rings. The van der Waals surface area contributed by atoms with Crippen LogP contribution in [0.15, 0.2) is 36.5 Å². The van der Waals surface area contributed by atoms with Crippen LogP contribution in [0.2, 0.25) is 0 Å². The largest absolute Gasteiger partial charge is 0.465 e. The Morgan fingerprint density at radius 2 is 1.84 bits per heavy atom. The highest BCUT2D eigenvalue weighted by Crippen LogP contribution is 2.31. The maximum atomic E-state index is 11.6. The molecule has 1 unspecified atom stereocenters. The molecule has 0 aliphatic carbocycles. The minimum atomic E-state index is -0.828. The van der Waals surface area contributed by atoms with E-state index in [9.17, 15) is 9.90 Å². The lowest BCUT2D eigenvalue weighted by molar-refractivity contribution is 0.0748. The lowest BCUT2D eigenvalue weighted by Gasteiger charge is -2.46. The number of amides is 1. The van der Waals surface area contributed by atoms with Gasteiger partial charge >= 0.3 is 6.09 Å². The van der Waals surface area contributed by atoms with Gasteiger partial charge in [0.25, 0.3) is 0 Å². The number of anilines is 1. The van der Waals surface area contributed by atoms with Gasteiger partial charge in [-0.15, -0.1) is 0 Å². The van der Waals surface area contributed by atoms with Gasteiger partial charge in [0, 0.05) is 38.6 Å². The topological polar surface area (TPSA) is 61.6 Å². The maximum absolute atomic E-state index is 11.6. The van der Waals surface area contributed by atoms with Gasteiger partial charge in [-0.25, -0.2) is 4.79 Å². The number of aryl methyl sites for hydroxylation is 1. The summed E-state index contributed by atoms with van der Waals surface area (Å²) in [4.78, 5) is 15.4. The van der Waals surface area contributed by atoms with Gasteiger partial charge in [0.1, 0.15) is 0 Å². The smallest absolute Gasteiger partial charge is 0.407 e. The van der Waals surface area contributed by atoms with Gasteiger partial charge in [-0.3, -0.25) is 4.68 Å². The fraction of sp³-hybridized carbons (Fsp3) is 0.474. The first kappa shape index (κ1) is 17.3. The van der Waals surface area contributed by atoms with E-state index in [0.717, 1.165) is 16.9 Å². The van der Waals surface area contributed by atoms with E-state index in [4.69, 9.17) is 0 Å². The van der Waals surface area contributed by atoms with Gasteiger partial charge in [-0.05, 0) is 29.2 Å². The van der Waals surface area contributed by atoms with E-state index in [0.29, 0.717) is 19.6 Å². The lowest BCUT2D eigenvalue weighted by atomic mass is 9.84. The van der Waals surface area contributed by atoms with Gasteiger partial charge in [-0.2, -0.15) is 5.10 Å². The Morgan fingerprint density at radius 3 is 2.36 bits per heavy atom. The highest BCUT2D eigenvalue weighted by molar-refractivity contribution is 5.67. The SMILES string of the molecule is Cn1nccc1-c1ccc(N2CCN(C(=O)O)C(C(C)(C)C)C2)cc1. The molecule has 6 heteroatoms. The first-order valence-electron chi connectivity index (χ1n) is 8.60. The van der Waals surface area contributed by atoms with Crippen LogP contribution in [0.1, 0.15) is 20.8 Å². The van der Waals surface area contributed by atoms with Crippen LogP contribution in [0.4, 0.5) is 10.5 Å². The molecular weight excluding hydrogens is 316 g/mol. The summed E-state index contributed by atoms with van der Waals surface area (Å²) in [5.41, 5.74) is 3.23. The molecular formula is C19H26N4O2. The van der Waals surface area contributed by atoms with Crippen LogP contribution in [-0.2, 0) is 7.05 Å². The zero-order valence-corrected chi connectivity index (χ0v) is 15.3. The summed E-state index contributed by atoms with van der Waals surface area (Å²) in [6.07, 6.45) is 0.966. The normalized spacial score (nSPS) is 18.5. The maximum Gasteiger partial charge on any atom is 0.407 e. The van der Waals surface area contributed by atoms with E-state index in [1.165, 1.54) is 0 Å². The highest BCUT2D eigenvalue weighted by atomic mass is 16.4. The fourth-order valence-corrected chi connectivity index (χ4v) is 3.49. The molecule has 6 nitrogen and oxygen atoms in total. The molecule has 1 saturated heterocycles. The second kappa shape index (κ2) is 6.43. The number of carbonyl (C=O) groups is 1. The van der Waals surface area contributed by atoms with Crippen molar-refractivity contribution in [2.24, 2.45) is 12.5 Å². The first-order chi connectivity index (χ1) is 11.8. The summed E-state index contributed by atoms with van der Waals surface area (Å²) in [6.45, 7) is 8.25. The number of rotatable bonds is 2. The standard InChI is InChI=1S/C19H26N4O2/c1-19(2,3)17-13-22(11-12-23(17)18(24)25)15-7-5-14(6-8-15)16-9-10-20-21(16)4/h5-10,17H,11-13H2,1-4H3,(H,24,25). The molecule has 1 aromatic carbocycles. The van der Waals surface area contributed by atoms with Crippen molar-refractivity contribution >= 4 is 11.8 Å². The molecule has 0 spiro atoms. The lowest BCUT2D eigenvalue weighted by Crippen LogP contribution is -2.59.